The predicted molar refractivity (Wildman–Crippen MR) is 92.5 cm³/mol. The van der Waals surface area contributed by atoms with Crippen LogP contribution in [0.25, 0.3) is 0 Å². The van der Waals surface area contributed by atoms with Gasteiger partial charge in [0.2, 0.25) is 0 Å². The number of rotatable bonds is 3. The standard InChI is InChI=1S/C16H13ClF2N2O3S/c1-16(2)20-15(10-4-3-8(18)5-12(10)19)14-11(17)6-9(21-25(22)23)7-13(14)24-16/h3-7,21H,1-2H3,(H,22,23). The van der Waals surface area contributed by atoms with Gasteiger partial charge in [-0.1, -0.05) is 11.6 Å². The first-order chi connectivity index (χ1) is 11.7. The summed E-state index contributed by atoms with van der Waals surface area (Å²) in [6.07, 6.45) is 0. The smallest absolute Gasteiger partial charge is 0.259 e. The van der Waals surface area contributed by atoms with E-state index >= 15 is 0 Å². The van der Waals surface area contributed by atoms with E-state index in [1.165, 1.54) is 18.2 Å². The fourth-order valence-corrected chi connectivity index (χ4v) is 3.16. The molecule has 0 aliphatic carbocycles. The van der Waals surface area contributed by atoms with E-state index < -0.39 is 28.6 Å². The molecule has 25 heavy (non-hydrogen) atoms. The summed E-state index contributed by atoms with van der Waals surface area (Å²) in [6.45, 7) is 3.32. The summed E-state index contributed by atoms with van der Waals surface area (Å²) in [6, 6.07) is 6.03. The molecule has 2 N–H and O–H groups in total. The second-order valence-corrected chi connectivity index (χ2v) is 6.93. The number of halogens is 3. The maximum atomic E-state index is 14.3. The number of nitrogens with one attached hydrogen (secondary N) is 1. The molecule has 1 heterocycles. The van der Waals surface area contributed by atoms with Gasteiger partial charge in [-0.2, -0.15) is 0 Å². The molecule has 0 aromatic heterocycles. The van der Waals surface area contributed by atoms with Gasteiger partial charge in [-0.3, -0.25) is 9.27 Å². The molecule has 1 aliphatic rings. The average Bonchev–Trinajstić information content (AvgIpc) is 2.43. The summed E-state index contributed by atoms with van der Waals surface area (Å²) < 4.78 is 55.5. The van der Waals surface area contributed by atoms with Crippen molar-refractivity contribution in [2.45, 2.75) is 19.6 Å². The Hall–Kier alpha value is -2.03. The summed E-state index contributed by atoms with van der Waals surface area (Å²) >= 11 is 3.98. The summed E-state index contributed by atoms with van der Waals surface area (Å²) in [5, 5.41) is 0.142. The monoisotopic (exact) mass is 386 g/mol. The summed E-state index contributed by atoms with van der Waals surface area (Å²) in [5.41, 5.74) is -0.177. The number of ether oxygens (including phenoxy) is 1. The lowest BCUT2D eigenvalue weighted by Gasteiger charge is -2.31. The lowest BCUT2D eigenvalue weighted by atomic mass is 9.98. The van der Waals surface area contributed by atoms with Crippen molar-refractivity contribution >= 4 is 34.3 Å². The van der Waals surface area contributed by atoms with Gasteiger partial charge in [0.25, 0.3) is 11.3 Å². The first-order valence-corrected chi connectivity index (χ1v) is 8.60. The van der Waals surface area contributed by atoms with E-state index in [4.69, 9.17) is 20.9 Å². The number of benzene rings is 2. The molecule has 5 nitrogen and oxygen atoms in total. The van der Waals surface area contributed by atoms with Crippen LogP contribution in [0.5, 0.6) is 5.75 Å². The molecule has 1 unspecified atom stereocenters. The first kappa shape index (κ1) is 17.8. The van der Waals surface area contributed by atoms with Crippen molar-refractivity contribution in [1.82, 2.24) is 0 Å². The predicted octanol–water partition coefficient (Wildman–Crippen LogP) is 4.13. The van der Waals surface area contributed by atoms with Gasteiger partial charge in [0, 0.05) is 17.7 Å². The molecule has 0 amide bonds. The topological polar surface area (TPSA) is 70.9 Å². The van der Waals surface area contributed by atoms with Gasteiger partial charge >= 0.3 is 0 Å². The Morgan fingerprint density at radius 1 is 1.28 bits per heavy atom. The van der Waals surface area contributed by atoms with Crippen LogP contribution in [-0.2, 0) is 11.3 Å². The van der Waals surface area contributed by atoms with Gasteiger partial charge in [-0.25, -0.2) is 18.0 Å². The van der Waals surface area contributed by atoms with E-state index in [1.807, 2.05) is 0 Å². The Morgan fingerprint density at radius 3 is 2.64 bits per heavy atom. The van der Waals surface area contributed by atoms with Crippen molar-refractivity contribution < 1.29 is 22.3 Å². The SMILES string of the molecule is CC1(C)N=C(c2ccc(F)cc2F)c2c(Cl)cc(NS(=O)O)cc2O1. The molecule has 0 radical (unpaired) electrons. The third-order valence-corrected chi connectivity index (χ3v) is 4.13. The van der Waals surface area contributed by atoms with Crippen molar-refractivity contribution in [3.05, 3.63) is 58.1 Å². The summed E-state index contributed by atoms with van der Waals surface area (Å²) in [5.74, 6) is -1.22. The van der Waals surface area contributed by atoms with Crippen LogP contribution in [0.1, 0.15) is 25.0 Å². The Morgan fingerprint density at radius 2 is 2.00 bits per heavy atom. The second-order valence-electron chi connectivity index (χ2n) is 5.82. The van der Waals surface area contributed by atoms with Crippen LogP contribution >= 0.6 is 11.6 Å². The van der Waals surface area contributed by atoms with Crippen LogP contribution in [0.15, 0.2) is 35.3 Å². The minimum Gasteiger partial charge on any atom is -0.466 e. The molecule has 3 rings (SSSR count). The van der Waals surface area contributed by atoms with Crippen molar-refractivity contribution in [2.24, 2.45) is 4.99 Å². The quantitative estimate of drug-likeness (QED) is 0.779. The molecule has 2 aromatic rings. The number of hydrogen-bond donors (Lipinski definition) is 2. The highest BCUT2D eigenvalue weighted by Gasteiger charge is 2.32. The van der Waals surface area contributed by atoms with E-state index in [1.54, 1.807) is 13.8 Å². The lowest BCUT2D eigenvalue weighted by molar-refractivity contribution is 0.115. The maximum Gasteiger partial charge on any atom is 0.259 e. The van der Waals surface area contributed by atoms with E-state index in [2.05, 4.69) is 9.71 Å². The van der Waals surface area contributed by atoms with Crippen LogP contribution in [0.2, 0.25) is 5.02 Å². The molecule has 1 aliphatic heterocycles. The molecule has 0 bridgehead atoms. The summed E-state index contributed by atoms with van der Waals surface area (Å²) in [7, 11) is 0. The largest absolute Gasteiger partial charge is 0.466 e. The Balaban J connectivity index is 2.21. The van der Waals surface area contributed by atoms with E-state index in [0.717, 1.165) is 12.1 Å². The van der Waals surface area contributed by atoms with Crippen LogP contribution in [0, 0.1) is 11.6 Å². The fraction of sp³-hybridized carbons (Fsp3) is 0.188. The molecular weight excluding hydrogens is 374 g/mol. The van der Waals surface area contributed by atoms with Crippen LogP contribution in [0.3, 0.4) is 0 Å². The Bertz CT molecular complexity index is 918. The van der Waals surface area contributed by atoms with Crippen molar-refractivity contribution in [3.63, 3.8) is 0 Å². The molecule has 9 heteroatoms. The van der Waals surface area contributed by atoms with Crippen LogP contribution < -0.4 is 9.46 Å². The van der Waals surface area contributed by atoms with E-state index in [0.29, 0.717) is 5.56 Å². The molecule has 132 valence electrons. The van der Waals surface area contributed by atoms with Gasteiger partial charge in [0.15, 0.2) is 5.72 Å². The van der Waals surface area contributed by atoms with Crippen molar-refractivity contribution in [1.29, 1.82) is 0 Å². The van der Waals surface area contributed by atoms with E-state index in [9.17, 15) is 13.0 Å². The first-order valence-electron chi connectivity index (χ1n) is 7.12. The minimum atomic E-state index is -2.29. The maximum absolute atomic E-state index is 14.3. The zero-order valence-electron chi connectivity index (χ0n) is 13.1. The highest BCUT2D eigenvalue weighted by atomic mass is 35.5. The van der Waals surface area contributed by atoms with Gasteiger partial charge in [0.05, 0.1) is 22.0 Å². The fourth-order valence-electron chi connectivity index (χ4n) is 2.54. The third kappa shape index (κ3) is 3.65. The van der Waals surface area contributed by atoms with Gasteiger partial charge in [-0.15, -0.1) is 0 Å². The lowest BCUT2D eigenvalue weighted by Crippen LogP contribution is -2.33. The molecule has 0 spiro atoms. The highest BCUT2D eigenvalue weighted by molar-refractivity contribution is 7.80. The molecule has 2 aromatic carbocycles. The van der Waals surface area contributed by atoms with Crippen LogP contribution in [0.4, 0.5) is 14.5 Å². The highest BCUT2D eigenvalue weighted by Crippen LogP contribution is 2.39. The molecule has 0 saturated heterocycles. The minimum absolute atomic E-state index is 0.0763. The molecular formula is C16H13ClF2N2O3S. The molecule has 0 fully saturated rings. The van der Waals surface area contributed by atoms with Gasteiger partial charge in [0.1, 0.15) is 17.4 Å². The van der Waals surface area contributed by atoms with Gasteiger partial charge in [-0.05, 0) is 32.0 Å². The number of hydrogen-bond acceptors (Lipinski definition) is 3. The number of anilines is 1. The normalized spacial score (nSPS) is 16.5. The number of fused-ring (bicyclic) bond motifs is 1. The zero-order chi connectivity index (χ0) is 18.4. The number of aliphatic imine (C=N–C) groups is 1. The van der Waals surface area contributed by atoms with E-state index in [-0.39, 0.29) is 27.7 Å². The Labute approximate surface area is 150 Å². The number of nitrogens with zero attached hydrogens (tertiary/aromatic N) is 1. The second kappa shape index (κ2) is 6.36. The zero-order valence-corrected chi connectivity index (χ0v) is 14.7. The van der Waals surface area contributed by atoms with Crippen molar-refractivity contribution in [2.75, 3.05) is 4.72 Å². The average molecular weight is 387 g/mol. The van der Waals surface area contributed by atoms with Crippen LogP contribution in [-0.4, -0.2) is 20.2 Å². The van der Waals surface area contributed by atoms with Crippen molar-refractivity contribution in [3.8, 4) is 5.75 Å². The summed E-state index contributed by atoms with van der Waals surface area (Å²) in [4.78, 5) is 4.39. The molecule has 1 atom stereocenters. The van der Waals surface area contributed by atoms with Gasteiger partial charge < -0.3 is 4.74 Å². The Kier molecular flexibility index (Phi) is 4.52. The molecule has 0 saturated carbocycles. The third-order valence-electron chi connectivity index (χ3n) is 3.42.